The van der Waals surface area contributed by atoms with Crippen LogP contribution in [0.4, 0.5) is 0 Å². The third-order valence-corrected chi connectivity index (χ3v) is 2.06. The molecule has 0 aliphatic rings. The molecule has 0 aliphatic carbocycles. The summed E-state index contributed by atoms with van der Waals surface area (Å²) in [6.07, 6.45) is -0.406. The topological polar surface area (TPSA) is 33.0 Å². The van der Waals surface area contributed by atoms with E-state index in [4.69, 9.17) is 21.6 Å². The van der Waals surface area contributed by atoms with Crippen LogP contribution in [0.2, 0.25) is 5.02 Å². The molecule has 14 heavy (non-hydrogen) atoms. The summed E-state index contributed by atoms with van der Waals surface area (Å²) < 4.78 is 5.46. The van der Waals surface area contributed by atoms with Crippen molar-refractivity contribution in [1.29, 1.82) is 5.26 Å². The number of hydrogen-bond donors (Lipinski definition) is 0. The Hall–Kier alpha value is -1.20. The summed E-state index contributed by atoms with van der Waals surface area (Å²) in [6, 6.07) is 9.11. The van der Waals surface area contributed by atoms with E-state index in [0.717, 1.165) is 0 Å². The molecule has 0 saturated heterocycles. The second-order valence-electron chi connectivity index (χ2n) is 3.37. The van der Waals surface area contributed by atoms with Crippen molar-refractivity contribution in [3.8, 4) is 11.8 Å². The van der Waals surface area contributed by atoms with Crippen LogP contribution >= 0.6 is 11.6 Å². The van der Waals surface area contributed by atoms with Gasteiger partial charge in [0.2, 0.25) is 0 Å². The Bertz CT molecular complexity index is 326. The predicted molar refractivity (Wildman–Crippen MR) is 56.3 cm³/mol. The molecule has 0 spiro atoms. The third kappa shape index (κ3) is 2.93. The van der Waals surface area contributed by atoms with Crippen molar-refractivity contribution in [2.24, 2.45) is 5.92 Å². The van der Waals surface area contributed by atoms with Gasteiger partial charge in [0.05, 0.1) is 0 Å². The molecule has 1 atom stereocenters. The monoisotopic (exact) mass is 209 g/mol. The summed E-state index contributed by atoms with van der Waals surface area (Å²) >= 11 is 5.72. The van der Waals surface area contributed by atoms with E-state index in [1.54, 1.807) is 24.3 Å². The van der Waals surface area contributed by atoms with E-state index >= 15 is 0 Å². The molecule has 1 unspecified atom stereocenters. The minimum atomic E-state index is -0.406. The first-order valence-corrected chi connectivity index (χ1v) is 4.83. The molecular weight excluding hydrogens is 198 g/mol. The van der Waals surface area contributed by atoms with Gasteiger partial charge in [0, 0.05) is 10.9 Å². The van der Waals surface area contributed by atoms with Gasteiger partial charge in [-0.15, -0.1) is 0 Å². The van der Waals surface area contributed by atoms with Crippen molar-refractivity contribution in [1.82, 2.24) is 0 Å². The van der Waals surface area contributed by atoms with Gasteiger partial charge < -0.3 is 4.74 Å². The Morgan fingerprint density at radius 2 is 1.86 bits per heavy atom. The zero-order valence-corrected chi connectivity index (χ0v) is 8.95. The highest BCUT2D eigenvalue weighted by Crippen LogP contribution is 2.18. The molecule has 3 heteroatoms. The van der Waals surface area contributed by atoms with E-state index in [1.807, 2.05) is 13.8 Å². The number of halogens is 1. The molecule has 0 aromatic heterocycles. The molecule has 1 rings (SSSR count). The molecule has 0 amide bonds. The van der Waals surface area contributed by atoms with E-state index in [9.17, 15) is 0 Å². The molecule has 0 aliphatic heterocycles. The van der Waals surface area contributed by atoms with Crippen LogP contribution in [0.1, 0.15) is 13.8 Å². The predicted octanol–water partition coefficient (Wildman–Crippen LogP) is 3.27. The fourth-order valence-electron chi connectivity index (χ4n) is 0.971. The van der Waals surface area contributed by atoms with Crippen LogP contribution in [0.15, 0.2) is 24.3 Å². The Labute approximate surface area is 89.1 Å². The minimum Gasteiger partial charge on any atom is -0.475 e. The summed E-state index contributed by atoms with van der Waals surface area (Å²) in [5.41, 5.74) is 0. The molecule has 0 bridgehead atoms. The number of rotatable bonds is 3. The first kappa shape index (κ1) is 10.9. The lowest BCUT2D eigenvalue weighted by Crippen LogP contribution is -2.20. The highest BCUT2D eigenvalue weighted by molar-refractivity contribution is 6.30. The van der Waals surface area contributed by atoms with Crippen molar-refractivity contribution < 1.29 is 4.74 Å². The standard InChI is InChI=1S/C11H12ClNO/c1-8(2)11(7-13)14-10-5-3-9(12)4-6-10/h3-6,8,11H,1-2H3. The minimum absolute atomic E-state index is 0.177. The van der Waals surface area contributed by atoms with E-state index < -0.39 is 6.10 Å². The van der Waals surface area contributed by atoms with Gasteiger partial charge in [-0.1, -0.05) is 25.4 Å². The number of benzene rings is 1. The zero-order valence-electron chi connectivity index (χ0n) is 8.20. The smallest absolute Gasteiger partial charge is 0.186 e. The molecule has 0 radical (unpaired) electrons. The highest BCUT2D eigenvalue weighted by atomic mass is 35.5. The second kappa shape index (κ2) is 4.88. The summed E-state index contributed by atoms with van der Waals surface area (Å²) in [6.45, 7) is 3.90. The van der Waals surface area contributed by atoms with E-state index in [-0.39, 0.29) is 5.92 Å². The Balaban J connectivity index is 2.69. The quantitative estimate of drug-likeness (QED) is 0.766. The van der Waals surface area contributed by atoms with Crippen LogP contribution in [0.25, 0.3) is 0 Å². The van der Waals surface area contributed by atoms with Gasteiger partial charge in [-0.25, -0.2) is 0 Å². The van der Waals surface area contributed by atoms with E-state index in [2.05, 4.69) is 6.07 Å². The molecule has 74 valence electrons. The molecule has 0 N–H and O–H groups in total. The molecule has 2 nitrogen and oxygen atoms in total. The molecule has 0 saturated carbocycles. The van der Waals surface area contributed by atoms with Crippen molar-refractivity contribution in [3.05, 3.63) is 29.3 Å². The number of hydrogen-bond acceptors (Lipinski definition) is 2. The van der Waals surface area contributed by atoms with Crippen LogP contribution < -0.4 is 4.74 Å². The molecular formula is C11H12ClNO. The maximum atomic E-state index is 8.81. The Kier molecular flexibility index (Phi) is 3.79. The first-order chi connectivity index (χ1) is 6.63. The summed E-state index contributed by atoms with van der Waals surface area (Å²) in [7, 11) is 0. The van der Waals surface area contributed by atoms with Crippen LogP contribution in [-0.4, -0.2) is 6.10 Å². The Morgan fingerprint density at radius 1 is 1.29 bits per heavy atom. The summed E-state index contributed by atoms with van der Waals surface area (Å²) in [4.78, 5) is 0. The van der Waals surface area contributed by atoms with Gasteiger partial charge in [-0.05, 0) is 24.3 Å². The maximum Gasteiger partial charge on any atom is 0.186 e. The average molecular weight is 210 g/mol. The maximum absolute atomic E-state index is 8.81. The van der Waals surface area contributed by atoms with Gasteiger partial charge in [0.1, 0.15) is 11.8 Å². The SMILES string of the molecule is CC(C)C(C#N)Oc1ccc(Cl)cc1. The molecule has 1 aromatic rings. The lowest BCUT2D eigenvalue weighted by atomic mass is 10.1. The van der Waals surface area contributed by atoms with E-state index in [1.165, 1.54) is 0 Å². The molecule has 0 heterocycles. The number of ether oxygens (including phenoxy) is 1. The number of nitrogens with zero attached hydrogens (tertiary/aromatic N) is 1. The van der Waals surface area contributed by atoms with Gasteiger partial charge in [-0.3, -0.25) is 0 Å². The lowest BCUT2D eigenvalue weighted by Gasteiger charge is -2.15. The summed E-state index contributed by atoms with van der Waals surface area (Å²) in [5, 5.41) is 9.47. The third-order valence-electron chi connectivity index (χ3n) is 1.81. The highest BCUT2D eigenvalue weighted by Gasteiger charge is 2.13. The Morgan fingerprint density at radius 3 is 2.29 bits per heavy atom. The fourth-order valence-corrected chi connectivity index (χ4v) is 1.10. The van der Waals surface area contributed by atoms with Crippen molar-refractivity contribution in [2.45, 2.75) is 20.0 Å². The van der Waals surface area contributed by atoms with Crippen molar-refractivity contribution in [3.63, 3.8) is 0 Å². The largest absolute Gasteiger partial charge is 0.475 e. The van der Waals surface area contributed by atoms with Gasteiger partial charge in [0.25, 0.3) is 0 Å². The molecule has 0 fully saturated rings. The lowest BCUT2D eigenvalue weighted by molar-refractivity contribution is 0.204. The van der Waals surface area contributed by atoms with Gasteiger partial charge in [-0.2, -0.15) is 5.26 Å². The van der Waals surface area contributed by atoms with Crippen LogP contribution in [-0.2, 0) is 0 Å². The van der Waals surface area contributed by atoms with Crippen molar-refractivity contribution >= 4 is 11.6 Å². The molecule has 1 aromatic carbocycles. The average Bonchev–Trinajstić information content (AvgIpc) is 2.16. The zero-order chi connectivity index (χ0) is 10.6. The second-order valence-corrected chi connectivity index (χ2v) is 3.80. The van der Waals surface area contributed by atoms with E-state index in [0.29, 0.717) is 10.8 Å². The van der Waals surface area contributed by atoms with Gasteiger partial charge in [0.15, 0.2) is 6.10 Å². The summed E-state index contributed by atoms with van der Waals surface area (Å²) in [5.74, 6) is 0.852. The van der Waals surface area contributed by atoms with Crippen molar-refractivity contribution in [2.75, 3.05) is 0 Å². The van der Waals surface area contributed by atoms with Crippen LogP contribution in [0.5, 0.6) is 5.75 Å². The first-order valence-electron chi connectivity index (χ1n) is 4.45. The number of nitriles is 1. The van der Waals surface area contributed by atoms with Crippen LogP contribution in [0, 0.1) is 17.2 Å². The fraction of sp³-hybridized carbons (Fsp3) is 0.364. The normalized spacial score (nSPS) is 12.2. The van der Waals surface area contributed by atoms with Gasteiger partial charge >= 0.3 is 0 Å². The van der Waals surface area contributed by atoms with Crippen LogP contribution in [0.3, 0.4) is 0 Å².